The largest absolute Gasteiger partial charge is 0.376 e. The summed E-state index contributed by atoms with van der Waals surface area (Å²) in [5.41, 5.74) is 2.81. The first-order chi connectivity index (χ1) is 12.2. The van der Waals surface area contributed by atoms with Crippen molar-refractivity contribution in [2.24, 2.45) is 0 Å². The number of aromatic nitrogens is 4. The summed E-state index contributed by atoms with van der Waals surface area (Å²) in [7, 11) is 0. The molecular formula is C17H14ClN5O2. The van der Waals surface area contributed by atoms with Crippen LogP contribution in [0.1, 0.15) is 21.7 Å². The van der Waals surface area contributed by atoms with Crippen LogP contribution in [0.15, 0.2) is 42.6 Å². The monoisotopic (exact) mass is 355 g/mol. The fraction of sp³-hybridized carbons (Fsp3) is 0.176. The second-order valence-corrected chi connectivity index (χ2v) is 6.00. The first-order valence-corrected chi connectivity index (χ1v) is 8.13. The Morgan fingerprint density at radius 1 is 1.20 bits per heavy atom. The summed E-state index contributed by atoms with van der Waals surface area (Å²) in [6, 6.07) is 10.6. The summed E-state index contributed by atoms with van der Waals surface area (Å²) in [6.45, 7) is 1.08. The first kappa shape index (κ1) is 15.7. The molecule has 0 atom stereocenters. The van der Waals surface area contributed by atoms with Gasteiger partial charge in [-0.15, -0.1) is 5.10 Å². The van der Waals surface area contributed by atoms with Crippen LogP contribution in [0.25, 0.3) is 5.69 Å². The molecule has 2 aromatic heterocycles. The summed E-state index contributed by atoms with van der Waals surface area (Å²) in [6.07, 6.45) is 2.32. The Bertz CT molecular complexity index is 923. The molecule has 1 aliphatic rings. The molecule has 7 nitrogen and oxygen atoms in total. The van der Waals surface area contributed by atoms with E-state index in [0.717, 1.165) is 16.9 Å². The zero-order valence-corrected chi connectivity index (χ0v) is 13.9. The van der Waals surface area contributed by atoms with Gasteiger partial charge < -0.3 is 10.1 Å². The zero-order valence-electron chi connectivity index (χ0n) is 13.1. The van der Waals surface area contributed by atoms with Crippen molar-refractivity contribution in [3.8, 4) is 5.69 Å². The van der Waals surface area contributed by atoms with Crippen LogP contribution in [-0.2, 0) is 17.8 Å². The number of halogens is 1. The van der Waals surface area contributed by atoms with E-state index in [-0.39, 0.29) is 11.6 Å². The molecule has 0 spiro atoms. The number of amides is 1. The molecule has 0 aliphatic carbocycles. The standard InChI is InChI=1S/C17H14ClN5O2/c18-12-1-3-13(4-2-12)23-16(5-7-19-23)20-17(24)15-9-11-10-25-8-6-14(11)21-22-15/h1-5,7,9H,6,8,10H2,(H,20,24). The van der Waals surface area contributed by atoms with E-state index in [4.69, 9.17) is 16.3 Å². The van der Waals surface area contributed by atoms with E-state index in [9.17, 15) is 4.79 Å². The van der Waals surface area contributed by atoms with Gasteiger partial charge >= 0.3 is 0 Å². The highest BCUT2D eigenvalue weighted by Gasteiger charge is 2.17. The van der Waals surface area contributed by atoms with Crippen LogP contribution in [-0.4, -0.2) is 32.5 Å². The first-order valence-electron chi connectivity index (χ1n) is 7.75. The minimum Gasteiger partial charge on any atom is -0.376 e. The SMILES string of the molecule is O=C(Nc1ccnn1-c1ccc(Cl)cc1)c1cc2c(nn1)CCOC2. The molecule has 0 fully saturated rings. The van der Waals surface area contributed by atoms with Crippen molar-refractivity contribution in [3.05, 3.63) is 64.6 Å². The number of fused-ring (bicyclic) bond motifs is 1. The van der Waals surface area contributed by atoms with Crippen molar-refractivity contribution in [2.45, 2.75) is 13.0 Å². The predicted molar refractivity (Wildman–Crippen MR) is 91.9 cm³/mol. The van der Waals surface area contributed by atoms with Gasteiger partial charge in [-0.3, -0.25) is 4.79 Å². The lowest BCUT2D eigenvalue weighted by molar-refractivity contribution is 0.101. The Labute approximate surface area is 148 Å². The maximum Gasteiger partial charge on any atom is 0.277 e. The Hall–Kier alpha value is -2.77. The summed E-state index contributed by atoms with van der Waals surface area (Å²) >= 11 is 5.91. The summed E-state index contributed by atoms with van der Waals surface area (Å²) in [5.74, 6) is 0.180. The Kier molecular flexibility index (Phi) is 4.17. The van der Waals surface area contributed by atoms with Crippen LogP contribution >= 0.6 is 11.6 Å². The number of ether oxygens (including phenoxy) is 1. The molecule has 0 saturated heterocycles. The average molecular weight is 356 g/mol. The fourth-order valence-corrected chi connectivity index (χ4v) is 2.75. The van der Waals surface area contributed by atoms with E-state index in [0.29, 0.717) is 30.5 Å². The quantitative estimate of drug-likeness (QED) is 0.781. The highest BCUT2D eigenvalue weighted by Crippen LogP contribution is 2.19. The minimum atomic E-state index is -0.350. The molecular weight excluding hydrogens is 342 g/mol. The third-order valence-corrected chi connectivity index (χ3v) is 4.14. The summed E-state index contributed by atoms with van der Waals surface area (Å²) in [5, 5.41) is 15.8. The van der Waals surface area contributed by atoms with Crippen LogP contribution in [0.3, 0.4) is 0 Å². The van der Waals surface area contributed by atoms with Crippen molar-refractivity contribution in [1.29, 1.82) is 0 Å². The van der Waals surface area contributed by atoms with Crippen molar-refractivity contribution in [3.63, 3.8) is 0 Å². The highest BCUT2D eigenvalue weighted by molar-refractivity contribution is 6.30. The van der Waals surface area contributed by atoms with Gasteiger partial charge in [-0.25, -0.2) is 4.68 Å². The van der Waals surface area contributed by atoms with Gasteiger partial charge in [0.05, 0.1) is 30.8 Å². The van der Waals surface area contributed by atoms with Crippen LogP contribution in [0.2, 0.25) is 5.02 Å². The van der Waals surface area contributed by atoms with Crippen molar-refractivity contribution in [1.82, 2.24) is 20.0 Å². The van der Waals surface area contributed by atoms with Gasteiger partial charge in [0.15, 0.2) is 5.69 Å². The fourth-order valence-electron chi connectivity index (χ4n) is 2.62. The maximum absolute atomic E-state index is 12.5. The second-order valence-electron chi connectivity index (χ2n) is 5.56. The molecule has 0 radical (unpaired) electrons. The van der Waals surface area contributed by atoms with Crippen molar-refractivity contribution in [2.75, 3.05) is 11.9 Å². The predicted octanol–water partition coefficient (Wildman–Crippen LogP) is 2.64. The molecule has 1 N–H and O–H groups in total. The van der Waals surface area contributed by atoms with Gasteiger partial charge in [0.25, 0.3) is 5.91 Å². The van der Waals surface area contributed by atoms with E-state index in [1.54, 1.807) is 35.1 Å². The van der Waals surface area contributed by atoms with Gasteiger partial charge in [-0.05, 0) is 30.3 Å². The van der Waals surface area contributed by atoms with E-state index < -0.39 is 0 Å². The van der Waals surface area contributed by atoms with Crippen LogP contribution < -0.4 is 5.32 Å². The molecule has 25 heavy (non-hydrogen) atoms. The summed E-state index contributed by atoms with van der Waals surface area (Å²) < 4.78 is 7.01. The normalized spacial score (nSPS) is 13.3. The van der Waals surface area contributed by atoms with Gasteiger partial charge in [-0.2, -0.15) is 10.2 Å². The zero-order chi connectivity index (χ0) is 17.2. The number of hydrogen-bond donors (Lipinski definition) is 1. The number of nitrogens with one attached hydrogen (secondary N) is 1. The smallest absolute Gasteiger partial charge is 0.277 e. The third-order valence-electron chi connectivity index (χ3n) is 3.89. The molecule has 3 heterocycles. The molecule has 0 unspecified atom stereocenters. The van der Waals surface area contributed by atoms with E-state index >= 15 is 0 Å². The number of anilines is 1. The van der Waals surface area contributed by atoms with Crippen molar-refractivity contribution >= 4 is 23.3 Å². The number of rotatable bonds is 3. The molecule has 1 aliphatic heterocycles. The molecule has 4 rings (SSSR count). The number of carbonyl (C=O) groups excluding carboxylic acids is 1. The minimum absolute atomic E-state index is 0.244. The van der Waals surface area contributed by atoms with Gasteiger partial charge in [-0.1, -0.05) is 11.6 Å². The molecule has 0 bridgehead atoms. The molecule has 1 amide bonds. The van der Waals surface area contributed by atoms with E-state index in [2.05, 4.69) is 20.6 Å². The van der Waals surface area contributed by atoms with Crippen LogP contribution in [0, 0.1) is 0 Å². The molecule has 3 aromatic rings. The number of benzene rings is 1. The Morgan fingerprint density at radius 2 is 2.04 bits per heavy atom. The van der Waals surface area contributed by atoms with E-state index in [1.165, 1.54) is 0 Å². The highest BCUT2D eigenvalue weighted by atomic mass is 35.5. The van der Waals surface area contributed by atoms with Crippen molar-refractivity contribution < 1.29 is 9.53 Å². The van der Waals surface area contributed by atoms with Gasteiger partial charge in [0.1, 0.15) is 5.82 Å². The lowest BCUT2D eigenvalue weighted by Crippen LogP contribution is -2.20. The topological polar surface area (TPSA) is 81.9 Å². The molecule has 126 valence electrons. The lowest BCUT2D eigenvalue weighted by Gasteiger charge is -2.15. The average Bonchev–Trinajstić information content (AvgIpc) is 3.10. The molecule has 0 saturated carbocycles. The lowest BCUT2D eigenvalue weighted by atomic mass is 10.1. The number of nitrogens with zero attached hydrogens (tertiary/aromatic N) is 4. The summed E-state index contributed by atoms with van der Waals surface area (Å²) in [4.78, 5) is 12.5. The van der Waals surface area contributed by atoms with E-state index in [1.807, 2.05) is 12.1 Å². The number of hydrogen-bond acceptors (Lipinski definition) is 5. The van der Waals surface area contributed by atoms with Gasteiger partial charge in [0, 0.05) is 23.1 Å². The van der Waals surface area contributed by atoms with Gasteiger partial charge in [0.2, 0.25) is 0 Å². The third kappa shape index (κ3) is 3.24. The Morgan fingerprint density at radius 3 is 2.88 bits per heavy atom. The van der Waals surface area contributed by atoms with Crippen LogP contribution in [0.5, 0.6) is 0 Å². The Balaban J connectivity index is 1.58. The molecule has 8 heteroatoms. The molecule has 1 aromatic carbocycles. The maximum atomic E-state index is 12.5. The second kappa shape index (κ2) is 6.62. The number of carbonyl (C=O) groups is 1. The van der Waals surface area contributed by atoms with Crippen LogP contribution in [0.4, 0.5) is 5.82 Å².